The van der Waals surface area contributed by atoms with E-state index in [1.807, 2.05) is 12.1 Å². The molecule has 0 amide bonds. The number of ketones is 1. The van der Waals surface area contributed by atoms with Crippen LogP contribution < -0.4 is 10.5 Å². The molecule has 0 aliphatic carbocycles. The zero-order valence-corrected chi connectivity index (χ0v) is 9.02. The molecule has 1 aromatic carbocycles. The van der Waals surface area contributed by atoms with Crippen molar-refractivity contribution in [2.75, 3.05) is 19.8 Å². The molecule has 1 aromatic rings. The number of Topliss-reactive ketones (excluding diaryl/α,β-unsaturated/α-hetero) is 1. The van der Waals surface area contributed by atoms with Gasteiger partial charge in [0.25, 0.3) is 0 Å². The maximum absolute atomic E-state index is 11.6. The monoisotopic (exact) mass is 221 g/mol. The summed E-state index contributed by atoms with van der Waals surface area (Å²) in [5, 5.41) is 0. The Morgan fingerprint density at radius 2 is 2.31 bits per heavy atom. The van der Waals surface area contributed by atoms with E-state index in [0.717, 1.165) is 5.75 Å². The van der Waals surface area contributed by atoms with E-state index in [2.05, 4.69) is 0 Å². The number of carbonyl (C=O) groups excluding carboxylic acids is 1. The van der Waals surface area contributed by atoms with Crippen molar-refractivity contribution in [2.24, 2.45) is 5.73 Å². The minimum Gasteiger partial charge on any atom is -0.486 e. The average molecular weight is 221 g/mol. The second-order valence-corrected chi connectivity index (χ2v) is 3.77. The standard InChI is InChI=1S/C12H15NO3/c13-5-4-12(14)9-2-1-3-10(6-9)16-11-7-15-8-11/h1-3,6,11H,4-5,7-8,13H2. The number of hydrogen-bond donors (Lipinski definition) is 1. The molecule has 0 spiro atoms. The Hall–Kier alpha value is -1.39. The summed E-state index contributed by atoms with van der Waals surface area (Å²) in [7, 11) is 0. The fourth-order valence-electron chi connectivity index (χ4n) is 1.49. The summed E-state index contributed by atoms with van der Waals surface area (Å²) in [6, 6.07) is 7.20. The fraction of sp³-hybridized carbons (Fsp3) is 0.417. The van der Waals surface area contributed by atoms with Crippen LogP contribution in [-0.2, 0) is 4.74 Å². The topological polar surface area (TPSA) is 61.6 Å². The maximum Gasteiger partial charge on any atom is 0.164 e. The molecular weight excluding hydrogens is 206 g/mol. The van der Waals surface area contributed by atoms with Crippen molar-refractivity contribution in [1.29, 1.82) is 0 Å². The van der Waals surface area contributed by atoms with Crippen LogP contribution in [0.15, 0.2) is 24.3 Å². The molecule has 1 heterocycles. The normalized spacial score (nSPS) is 15.6. The van der Waals surface area contributed by atoms with Crippen molar-refractivity contribution in [3.63, 3.8) is 0 Å². The summed E-state index contributed by atoms with van der Waals surface area (Å²) >= 11 is 0. The molecule has 4 nitrogen and oxygen atoms in total. The van der Waals surface area contributed by atoms with Crippen molar-refractivity contribution in [2.45, 2.75) is 12.5 Å². The lowest BCUT2D eigenvalue weighted by molar-refractivity contribution is -0.0796. The summed E-state index contributed by atoms with van der Waals surface area (Å²) < 4.78 is 10.6. The smallest absolute Gasteiger partial charge is 0.164 e. The molecule has 1 saturated heterocycles. The molecule has 0 atom stereocenters. The Balaban J connectivity index is 2.03. The quantitative estimate of drug-likeness (QED) is 0.753. The van der Waals surface area contributed by atoms with Gasteiger partial charge in [-0.05, 0) is 18.7 Å². The van der Waals surface area contributed by atoms with Crippen molar-refractivity contribution in [1.82, 2.24) is 0 Å². The molecule has 2 rings (SSSR count). The lowest BCUT2D eigenvalue weighted by atomic mass is 10.1. The van der Waals surface area contributed by atoms with Crippen molar-refractivity contribution in [3.05, 3.63) is 29.8 Å². The van der Waals surface area contributed by atoms with Crippen LogP contribution in [0, 0.1) is 0 Å². The Morgan fingerprint density at radius 3 is 2.94 bits per heavy atom. The minimum absolute atomic E-state index is 0.0535. The molecule has 1 aliphatic rings. The van der Waals surface area contributed by atoms with Crippen LogP contribution in [0.1, 0.15) is 16.8 Å². The van der Waals surface area contributed by atoms with Gasteiger partial charge in [-0.15, -0.1) is 0 Å². The lowest BCUT2D eigenvalue weighted by Gasteiger charge is -2.26. The number of hydrogen-bond acceptors (Lipinski definition) is 4. The lowest BCUT2D eigenvalue weighted by Crippen LogP contribution is -2.38. The van der Waals surface area contributed by atoms with E-state index < -0.39 is 0 Å². The highest BCUT2D eigenvalue weighted by atomic mass is 16.6. The molecule has 0 aromatic heterocycles. The van der Waals surface area contributed by atoms with Crippen molar-refractivity contribution < 1.29 is 14.3 Å². The minimum atomic E-state index is 0.0535. The molecule has 0 radical (unpaired) electrons. The first-order chi connectivity index (χ1) is 7.79. The highest BCUT2D eigenvalue weighted by Crippen LogP contribution is 2.18. The predicted octanol–water partition coefficient (Wildman–Crippen LogP) is 0.996. The van der Waals surface area contributed by atoms with Crippen molar-refractivity contribution >= 4 is 5.78 Å². The van der Waals surface area contributed by atoms with Crippen LogP contribution in [0.2, 0.25) is 0 Å². The Morgan fingerprint density at radius 1 is 1.50 bits per heavy atom. The summed E-state index contributed by atoms with van der Waals surface area (Å²) in [6.07, 6.45) is 0.496. The van der Waals surface area contributed by atoms with E-state index in [1.54, 1.807) is 12.1 Å². The first-order valence-corrected chi connectivity index (χ1v) is 5.37. The van der Waals surface area contributed by atoms with E-state index in [9.17, 15) is 4.79 Å². The van der Waals surface area contributed by atoms with Crippen LogP contribution >= 0.6 is 0 Å². The van der Waals surface area contributed by atoms with Gasteiger partial charge >= 0.3 is 0 Å². The van der Waals surface area contributed by atoms with E-state index in [1.165, 1.54) is 0 Å². The molecule has 16 heavy (non-hydrogen) atoms. The second kappa shape index (κ2) is 5.09. The number of benzene rings is 1. The maximum atomic E-state index is 11.6. The number of carbonyl (C=O) groups is 1. The summed E-state index contributed by atoms with van der Waals surface area (Å²) in [5.41, 5.74) is 6.00. The van der Waals surface area contributed by atoms with Crippen LogP contribution in [-0.4, -0.2) is 31.6 Å². The highest BCUT2D eigenvalue weighted by Gasteiger charge is 2.20. The molecule has 4 heteroatoms. The molecule has 1 fully saturated rings. The van der Waals surface area contributed by atoms with Gasteiger partial charge in [0.1, 0.15) is 11.9 Å². The molecule has 2 N–H and O–H groups in total. The van der Waals surface area contributed by atoms with E-state index in [4.69, 9.17) is 15.2 Å². The third-order valence-corrected chi connectivity index (χ3v) is 2.44. The van der Waals surface area contributed by atoms with Gasteiger partial charge in [0.15, 0.2) is 5.78 Å². The highest BCUT2D eigenvalue weighted by molar-refractivity contribution is 5.96. The van der Waals surface area contributed by atoms with Crippen molar-refractivity contribution in [3.8, 4) is 5.75 Å². The van der Waals surface area contributed by atoms with Crippen LogP contribution in [0.25, 0.3) is 0 Å². The largest absolute Gasteiger partial charge is 0.486 e. The number of rotatable bonds is 5. The first kappa shape index (κ1) is 11.1. The van der Waals surface area contributed by atoms with Crippen LogP contribution in [0.3, 0.4) is 0 Å². The third-order valence-electron chi connectivity index (χ3n) is 2.44. The Kier molecular flexibility index (Phi) is 3.54. The van der Waals surface area contributed by atoms with Gasteiger partial charge < -0.3 is 15.2 Å². The molecule has 1 aliphatic heterocycles. The second-order valence-electron chi connectivity index (χ2n) is 3.77. The molecule has 0 bridgehead atoms. The number of ether oxygens (including phenoxy) is 2. The molecule has 0 unspecified atom stereocenters. The predicted molar refractivity (Wildman–Crippen MR) is 59.7 cm³/mol. The van der Waals surface area contributed by atoms with Gasteiger partial charge in [-0.2, -0.15) is 0 Å². The van der Waals surface area contributed by atoms with Crippen LogP contribution in [0.4, 0.5) is 0 Å². The van der Waals surface area contributed by atoms with Gasteiger partial charge in [0.2, 0.25) is 0 Å². The van der Waals surface area contributed by atoms with Gasteiger partial charge in [0.05, 0.1) is 13.2 Å². The fourth-order valence-corrected chi connectivity index (χ4v) is 1.49. The van der Waals surface area contributed by atoms with Gasteiger partial charge in [-0.3, -0.25) is 4.79 Å². The SMILES string of the molecule is NCCC(=O)c1cccc(OC2COC2)c1. The zero-order valence-electron chi connectivity index (χ0n) is 9.02. The zero-order chi connectivity index (χ0) is 11.4. The van der Waals surface area contributed by atoms with Crippen LogP contribution in [0.5, 0.6) is 5.75 Å². The molecular formula is C12H15NO3. The molecule has 86 valence electrons. The molecule has 0 saturated carbocycles. The third kappa shape index (κ3) is 2.59. The summed E-state index contributed by atoms with van der Waals surface area (Å²) in [4.78, 5) is 11.6. The first-order valence-electron chi connectivity index (χ1n) is 5.37. The Labute approximate surface area is 94.3 Å². The van der Waals surface area contributed by atoms with Gasteiger partial charge in [0, 0.05) is 12.0 Å². The van der Waals surface area contributed by atoms with Gasteiger partial charge in [-0.1, -0.05) is 12.1 Å². The number of nitrogens with two attached hydrogens (primary N) is 1. The average Bonchev–Trinajstić information content (AvgIpc) is 2.24. The van der Waals surface area contributed by atoms with E-state index in [0.29, 0.717) is 31.7 Å². The Bertz CT molecular complexity index is 374. The summed E-state index contributed by atoms with van der Waals surface area (Å²) in [6.45, 7) is 1.63. The van der Waals surface area contributed by atoms with Gasteiger partial charge in [-0.25, -0.2) is 0 Å². The van der Waals surface area contributed by atoms with E-state index >= 15 is 0 Å². The van der Waals surface area contributed by atoms with E-state index in [-0.39, 0.29) is 11.9 Å². The summed E-state index contributed by atoms with van der Waals surface area (Å²) in [5.74, 6) is 0.772.